The first-order chi connectivity index (χ1) is 13.0. The lowest BCUT2D eigenvalue weighted by Crippen LogP contribution is -2.49. The van der Waals surface area contributed by atoms with Gasteiger partial charge in [-0.05, 0) is 50.4 Å². The molecule has 2 aromatic rings. The summed E-state index contributed by atoms with van der Waals surface area (Å²) in [6.45, 7) is 5.97. The number of hydrogen-bond donors (Lipinski definition) is 0. The summed E-state index contributed by atoms with van der Waals surface area (Å²) in [5.41, 5.74) is 1.92. The quantitative estimate of drug-likeness (QED) is 0.831. The molecule has 0 unspecified atom stereocenters. The molecular weight excluding hydrogens is 343 g/mol. The van der Waals surface area contributed by atoms with E-state index in [1.54, 1.807) is 12.1 Å². The van der Waals surface area contributed by atoms with Gasteiger partial charge in [0.2, 0.25) is 5.91 Å². The largest absolute Gasteiger partial charge is 0.338 e. The second-order valence-electron chi connectivity index (χ2n) is 8.05. The summed E-state index contributed by atoms with van der Waals surface area (Å²) >= 11 is 0. The van der Waals surface area contributed by atoms with Crippen molar-refractivity contribution in [3.63, 3.8) is 0 Å². The lowest BCUT2D eigenvalue weighted by molar-refractivity contribution is -0.146. The zero-order valence-corrected chi connectivity index (χ0v) is 16.1. The normalized spacial score (nSPS) is 23.5. The Labute approximate surface area is 159 Å². The van der Waals surface area contributed by atoms with Crippen LogP contribution in [0.4, 0.5) is 4.39 Å². The summed E-state index contributed by atoms with van der Waals surface area (Å²) < 4.78 is 15.3. The monoisotopic (exact) mass is 370 g/mol. The zero-order valence-electron chi connectivity index (χ0n) is 16.1. The molecule has 0 bridgehead atoms. The van der Waals surface area contributed by atoms with Gasteiger partial charge in [-0.1, -0.05) is 12.1 Å². The van der Waals surface area contributed by atoms with E-state index < -0.39 is 0 Å². The second kappa shape index (κ2) is 7.08. The van der Waals surface area contributed by atoms with Crippen molar-refractivity contribution in [2.75, 3.05) is 19.6 Å². The standard InChI is InChI=1S/C21H27FN4O/c1-16-23-12-19(24(16)2)14-25-11-9-21(15-25)8-3-10-26(20(21)27)13-17-4-6-18(22)7-5-17/h4-7,12H,3,8-11,13-15H2,1-2H3/t21-/m0/s1. The number of aryl methyl sites for hydroxylation is 1. The molecule has 1 aromatic carbocycles. The van der Waals surface area contributed by atoms with E-state index in [0.717, 1.165) is 56.8 Å². The molecule has 2 saturated heterocycles. The number of benzene rings is 1. The average molecular weight is 370 g/mol. The molecule has 1 spiro atoms. The Bertz CT molecular complexity index is 831. The Kier molecular flexibility index (Phi) is 4.76. The third kappa shape index (κ3) is 3.50. The van der Waals surface area contributed by atoms with Crippen LogP contribution >= 0.6 is 0 Å². The van der Waals surface area contributed by atoms with Crippen molar-refractivity contribution in [1.82, 2.24) is 19.4 Å². The zero-order chi connectivity index (χ0) is 19.0. The molecule has 1 atom stereocenters. The van der Waals surface area contributed by atoms with E-state index in [9.17, 15) is 9.18 Å². The lowest BCUT2D eigenvalue weighted by atomic mass is 9.78. The number of carbonyl (C=O) groups excluding carboxylic acids is 1. The van der Waals surface area contributed by atoms with Crippen LogP contribution in [0.5, 0.6) is 0 Å². The SMILES string of the molecule is Cc1ncc(CN2CC[C@@]3(CCCN(Cc4ccc(F)cc4)C3=O)C2)n1C. The highest BCUT2D eigenvalue weighted by atomic mass is 19.1. The molecule has 3 heterocycles. The van der Waals surface area contributed by atoms with Gasteiger partial charge in [-0.25, -0.2) is 9.37 Å². The van der Waals surface area contributed by atoms with Crippen molar-refractivity contribution in [3.8, 4) is 0 Å². The summed E-state index contributed by atoms with van der Waals surface area (Å²) in [5.74, 6) is 1.04. The molecule has 144 valence electrons. The van der Waals surface area contributed by atoms with Crippen LogP contribution in [0.25, 0.3) is 0 Å². The van der Waals surface area contributed by atoms with Crippen molar-refractivity contribution in [1.29, 1.82) is 0 Å². The van der Waals surface area contributed by atoms with Crippen LogP contribution in [-0.2, 0) is 24.9 Å². The molecule has 1 aromatic heterocycles. The summed E-state index contributed by atoms with van der Waals surface area (Å²) in [6, 6.07) is 6.48. The lowest BCUT2D eigenvalue weighted by Gasteiger charge is -2.39. The predicted molar refractivity (Wildman–Crippen MR) is 101 cm³/mol. The Morgan fingerprint density at radius 2 is 1.93 bits per heavy atom. The molecule has 2 aliphatic heterocycles. The topological polar surface area (TPSA) is 41.4 Å². The molecule has 2 fully saturated rings. The molecule has 0 N–H and O–H groups in total. The fraction of sp³-hybridized carbons (Fsp3) is 0.524. The van der Waals surface area contributed by atoms with Crippen LogP contribution in [0.15, 0.2) is 30.5 Å². The van der Waals surface area contributed by atoms with E-state index in [4.69, 9.17) is 0 Å². The molecule has 6 heteroatoms. The number of hydrogen-bond acceptors (Lipinski definition) is 3. The number of halogens is 1. The van der Waals surface area contributed by atoms with Gasteiger partial charge in [0.1, 0.15) is 11.6 Å². The minimum absolute atomic E-state index is 0.239. The smallest absolute Gasteiger partial charge is 0.230 e. The third-order valence-electron chi connectivity index (χ3n) is 6.25. The maximum atomic E-state index is 13.3. The minimum atomic E-state index is -0.258. The molecule has 0 aliphatic carbocycles. The van der Waals surface area contributed by atoms with Gasteiger partial charge < -0.3 is 9.47 Å². The van der Waals surface area contributed by atoms with Gasteiger partial charge in [0.15, 0.2) is 0 Å². The summed E-state index contributed by atoms with van der Waals surface area (Å²) in [4.78, 5) is 22.0. The molecule has 2 aliphatic rings. The maximum absolute atomic E-state index is 13.3. The highest BCUT2D eigenvalue weighted by molar-refractivity contribution is 5.84. The highest BCUT2D eigenvalue weighted by Crippen LogP contribution is 2.41. The Balaban J connectivity index is 1.44. The Morgan fingerprint density at radius 3 is 2.63 bits per heavy atom. The predicted octanol–water partition coefficient (Wildman–Crippen LogP) is 2.88. The first-order valence-electron chi connectivity index (χ1n) is 9.70. The average Bonchev–Trinajstić information content (AvgIpc) is 3.20. The van der Waals surface area contributed by atoms with Gasteiger partial charge in [0.05, 0.1) is 11.1 Å². The molecule has 27 heavy (non-hydrogen) atoms. The van der Waals surface area contributed by atoms with Gasteiger partial charge in [-0.2, -0.15) is 0 Å². The molecular formula is C21H27FN4O. The van der Waals surface area contributed by atoms with E-state index in [2.05, 4.69) is 14.5 Å². The minimum Gasteiger partial charge on any atom is -0.338 e. The fourth-order valence-electron chi connectivity index (χ4n) is 4.51. The number of nitrogens with zero attached hydrogens (tertiary/aromatic N) is 4. The van der Waals surface area contributed by atoms with Crippen LogP contribution in [0, 0.1) is 18.2 Å². The summed E-state index contributed by atoms with van der Waals surface area (Å²) in [7, 11) is 2.04. The van der Waals surface area contributed by atoms with Crippen molar-refractivity contribution < 1.29 is 9.18 Å². The number of carbonyl (C=O) groups is 1. The van der Waals surface area contributed by atoms with Crippen LogP contribution in [0.2, 0.25) is 0 Å². The number of rotatable bonds is 4. The van der Waals surface area contributed by atoms with Crippen molar-refractivity contribution >= 4 is 5.91 Å². The van der Waals surface area contributed by atoms with Gasteiger partial charge in [0.25, 0.3) is 0 Å². The maximum Gasteiger partial charge on any atom is 0.230 e. The van der Waals surface area contributed by atoms with Gasteiger partial charge in [-0.15, -0.1) is 0 Å². The van der Waals surface area contributed by atoms with E-state index in [0.29, 0.717) is 6.54 Å². The molecule has 4 rings (SSSR count). The highest BCUT2D eigenvalue weighted by Gasteiger charge is 2.48. The number of likely N-dealkylation sites (tertiary alicyclic amines) is 2. The van der Waals surface area contributed by atoms with Crippen molar-refractivity contribution in [3.05, 3.63) is 53.4 Å². The van der Waals surface area contributed by atoms with Gasteiger partial charge in [0, 0.05) is 39.4 Å². The number of piperidine rings is 1. The molecule has 5 nitrogen and oxygen atoms in total. The number of imidazole rings is 1. The van der Waals surface area contributed by atoms with Crippen LogP contribution < -0.4 is 0 Å². The van der Waals surface area contributed by atoms with Gasteiger partial charge >= 0.3 is 0 Å². The van der Waals surface area contributed by atoms with E-state index in [1.807, 2.05) is 25.1 Å². The third-order valence-corrected chi connectivity index (χ3v) is 6.25. The van der Waals surface area contributed by atoms with E-state index in [1.165, 1.54) is 17.8 Å². The summed E-state index contributed by atoms with van der Waals surface area (Å²) in [6.07, 6.45) is 4.85. The number of amides is 1. The first-order valence-corrected chi connectivity index (χ1v) is 9.70. The second-order valence-corrected chi connectivity index (χ2v) is 8.05. The van der Waals surface area contributed by atoms with Crippen molar-refractivity contribution in [2.24, 2.45) is 12.5 Å². The fourth-order valence-corrected chi connectivity index (χ4v) is 4.51. The van der Waals surface area contributed by atoms with Gasteiger partial charge in [-0.3, -0.25) is 9.69 Å². The molecule has 0 radical (unpaired) electrons. The Morgan fingerprint density at radius 1 is 1.15 bits per heavy atom. The van der Waals surface area contributed by atoms with Crippen LogP contribution in [0.3, 0.4) is 0 Å². The molecule has 1 amide bonds. The van der Waals surface area contributed by atoms with E-state index >= 15 is 0 Å². The first kappa shape index (κ1) is 18.2. The van der Waals surface area contributed by atoms with E-state index in [-0.39, 0.29) is 17.1 Å². The summed E-state index contributed by atoms with van der Waals surface area (Å²) in [5, 5.41) is 0. The molecule has 0 saturated carbocycles. The number of aromatic nitrogens is 2. The van der Waals surface area contributed by atoms with Crippen LogP contribution in [0.1, 0.15) is 36.3 Å². The van der Waals surface area contributed by atoms with Crippen LogP contribution in [-0.4, -0.2) is 44.9 Å². The Hall–Kier alpha value is -2.21. The van der Waals surface area contributed by atoms with Crippen molar-refractivity contribution in [2.45, 2.75) is 39.3 Å².